The van der Waals surface area contributed by atoms with E-state index in [1.54, 1.807) is 17.1 Å². The van der Waals surface area contributed by atoms with Crippen LogP contribution in [0.4, 0.5) is 11.8 Å². The van der Waals surface area contributed by atoms with Gasteiger partial charge >= 0.3 is 0 Å². The van der Waals surface area contributed by atoms with E-state index in [1.165, 1.54) is 0 Å². The average Bonchev–Trinajstić information content (AvgIpc) is 3.12. The second-order valence-electron chi connectivity index (χ2n) is 6.49. The van der Waals surface area contributed by atoms with Crippen molar-refractivity contribution in [1.82, 2.24) is 19.5 Å². The molecule has 9 heteroatoms. The second kappa shape index (κ2) is 8.13. The van der Waals surface area contributed by atoms with Gasteiger partial charge in [-0.25, -0.2) is 4.98 Å². The first kappa shape index (κ1) is 18.1. The van der Waals surface area contributed by atoms with Gasteiger partial charge in [0.15, 0.2) is 17.0 Å². The maximum absolute atomic E-state index is 11.0. The van der Waals surface area contributed by atoms with Gasteiger partial charge in [0.2, 0.25) is 5.95 Å². The highest BCUT2D eigenvalue weighted by molar-refractivity contribution is 5.86. The molecule has 0 aliphatic carbocycles. The van der Waals surface area contributed by atoms with Crippen molar-refractivity contribution >= 4 is 35.4 Å². The third-order valence-electron chi connectivity index (χ3n) is 4.44. The zero-order valence-electron chi connectivity index (χ0n) is 15.6. The van der Waals surface area contributed by atoms with E-state index in [1.807, 2.05) is 31.2 Å². The van der Waals surface area contributed by atoms with Crippen molar-refractivity contribution in [2.45, 2.75) is 13.5 Å². The van der Waals surface area contributed by atoms with Crippen molar-refractivity contribution in [3.8, 4) is 0 Å². The summed E-state index contributed by atoms with van der Waals surface area (Å²) in [7, 11) is 0. The molecule has 1 aromatic carbocycles. The van der Waals surface area contributed by atoms with Gasteiger partial charge in [-0.2, -0.15) is 15.1 Å². The zero-order valence-corrected chi connectivity index (χ0v) is 15.6. The Kier molecular flexibility index (Phi) is 5.24. The maximum Gasteiger partial charge on any atom is 0.229 e. The van der Waals surface area contributed by atoms with Crippen LogP contribution in [-0.4, -0.2) is 58.3 Å². The van der Waals surface area contributed by atoms with Crippen LogP contribution in [0.15, 0.2) is 35.7 Å². The van der Waals surface area contributed by atoms with E-state index in [0.717, 1.165) is 17.4 Å². The molecule has 1 saturated heterocycles. The van der Waals surface area contributed by atoms with Crippen LogP contribution >= 0.6 is 0 Å². The lowest BCUT2D eigenvalue weighted by molar-refractivity contribution is -0.108. The number of carbonyl (C=O) groups excluding carboxylic acids is 1. The number of hydrogen-bond donors (Lipinski definition) is 1. The Bertz CT molecular complexity index is 1010. The second-order valence-corrected chi connectivity index (χ2v) is 6.49. The highest BCUT2D eigenvalue weighted by Gasteiger charge is 2.19. The molecule has 3 heterocycles. The fraction of sp³-hybridized carbons (Fsp3) is 0.316. The molecule has 0 spiro atoms. The standard InChI is InChI=1S/C19H21N7O2/c1-14-3-2-4-15(11-14)12-21-24-17-16-18(26(5-8-27)13-20-16)23-19(22-17)25-6-9-28-10-7-25/h2-4,8,11-13H,5-7,9-10H2,1H3,(H,22,23,24). The molecule has 0 saturated carbocycles. The number of ether oxygens (including phenoxy) is 1. The number of aryl methyl sites for hydroxylation is 1. The Labute approximate surface area is 162 Å². The van der Waals surface area contributed by atoms with Crippen LogP contribution in [0.5, 0.6) is 0 Å². The number of hydrogen-bond acceptors (Lipinski definition) is 8. The van der Waals surface area contributed by atoms with E-state index in [-0.39, 0.29) is 6.54 Å². The minimum Gasteiger partial charge on any atom is -0.378 e. The predicted molar refractivity (Wildman–Crippen MR) is 107 cm³/mol. The molecule has 1 N–H and O–H groups in total. The number of benzene rings is 1. The number of nitrogens with one attached hydrogen (secondary N) is 1. The van der Waals surface area contributed by atoms with Crippen molar-refractivity contribution in [2.75, 3.05) is 36.6 Å². The van der Waals surface area contributed by atoms with Gasteiger partial charge < -0.3 is 19.0 Å². The Balaban J connectivity index is 1.67. The molecule has 0 amide bonds. The molecule has 9 nitrogen and oxygen atoms in total. The zero-order chi connectivity index (χ0) is 19.3. The molecule has 0 unspecified atom stereocenters. The SMILES string of the molecule is Cc1cccc(C=NNc2nc(N3CCOCC3)nc3c2ncn3CC=O)c1. The molecule has 0 radical (unpaired) electrons. The number of anilines is 2. The van der Waals surface area contributed by atoms with E-state index in [0.29, 0.717) is 49.2 Å². The first-order chi connectivity index (χ1) is 13.7. The molecule has 1 aliphatic heterocycles. The summed E-state index contributed by atoms with van der Waals surface area (Å²) in [4.78, 5) is 26.6. The fourth-order valence-electron chi connectivity index (χ4n) is 3.05. The van der Waals surface area contributed by atoms with Crippen molar-refractivity contribution in [2.24, 2.45) is 5.10 Å². The molecule has 3 aromatic rings. The first-order valence-corrected chi connectivity index (χ1v) is 9.09. The summed E-state index contributed by atoms with van der Waals surface area (Å²) in [6.07, 6.45) is 4.14. The lowest BCUT2D eigenvalue weighted by atomic mass is 10.2. The molecule has 0 bridgehead atoms. The maximum atomic E-state index is 11.0. The van der Waals surface area contributed by atoms with E-state index >= 15 is 0 Å². The minimum atomic E-state index is 0.183. The van der Waals surface area contributed by atoms with E-state index in [2.05, 4.69) is 30.4 Å². The van der Waals surface area contributed by atoms with Gasteiger partial charge in [0, 0.05) is 13.1 Å². The van der Waals surface area contributed by atoms with E-state index in [9.17, 15) is 4.79 Å². The van der Waals surface area contributed by atoms with Gasteiger partial charge in [-0.05, 0) is 12.5 Å². The van der Waals surface area contributed by atoms with Gasteiger partial charge in [0.25, 0.3) is 0 Å². The van der Waals surface area contributed by atoms with Crippen molar-refractivity contribution in [1.29, 1.82) is 0 Å². The van der Waals surface area contributed by atoms with E-state index in [4.69, 9.17) is 4.74 Å². The number of fused-ring (bicyclic) bond motifs is 1. The molecular weight excluding hydrogens is 358 g/mol. The third-order valence-corrected chi connectivity index (χ3v) is 4.44. The van der Waals surface area contributed by atoms with Crippen LogP contribution in [0, 0.1) is 6.92 Å². The largest absolute Gasteiger partial charge is 0.378 e. The van der Waals surface area contributed by atoms with Crippen molar-refractivity contribution in [3.05, 3.63) is 41.7 Å². The van der Waals surface area contributed by atoms with Gasteiger partial charge in [0.1, 0.15) is 6.29 Å². The van der Waals surface area contributed by atoms with Gasteiger partial charge in [-0.3, -0.25) is 5.43 Å². The Morgan fingerprint density at radius 3 is 2.93 bits per heavy atom. The average molecular weight is 379 g/mol. The van der Waals surface area contributed by atoms with Crippen LogP contribution in [-0.2, 0) is 16.1 Å². The van der Waals surface area contributed by atoms with Crippen molar-refractivity contribution < 1.29 is 9.53 Å². The normalized spacial score (nSPS) is 14.7. The minimum absolute atomic E-state index is 0.183. The highest BCUT2D eigenvalue weighted by atomic mass is 16.5. The van der Waals surface area contributed by atoms with Gasteiger partial charge in [-0.15, -0.1) is 0 Å². The number of aromatic nitrogens is 4. The number of hydrazone groups is 1. The molecule has 28 heavy (non-hydrogen) atoms. The molecule has 0 atom stereocenters. The van der Waals surface area contributed by atoms with Crippen LogP contribution < -0.4 is 10.3 Å². The Morgan fingerprint density at radius 2 is 2.14 bits per heavy atom. The first-order valence-electron chi connectivity index (χ1n) is 9.09. The predicted octanol–water partition coefficient (Wildman–Crippen LogP) is 1.62. The van der Waals surface area contributed by atoms with Gasteiger partial charge in [-0.1, -0.05) is 29.8 Å². The molecule has 4 rings (SSSR count). The number of morpholine rings is 1. The summed E-state index contributed by atoms with van der Waals surface area (Å²) in [5, 5.41) is 4.32. The van der Waals surface area contributed by atoms with Crippen LogP contribution in [0.1, 0.15) is 11.1 Å². The van der Waals surface area contributed by atoms with Crippen LogP contribution in [0.3, 0.4) is 0 Å². The monoisotopic (exact) mass is 379 g/mol. The number of nitrogens with zero attached hydrogens (tertiary/aromatic N) is 6. The Hall–Kier alpha value is -3.33. The van der Waals surface area contributed by atoms with Crippen LogP contribution in [0.25, 0.3) is 11.2 Å². The number of carbonyl (C=O) groups is 1. The highest BCUT2D eigenvalue weighted by Crippen LogP contribution is 2.23. The van der Waals surface area contributed by atoms with Crippen LogP contribution in [0.2, 0.25) is 0 Å². The lowest BCUT2D eigenvalue weighted by Crippen LogP contribution is -2.37. The summed E-state index contributed by atoms with van der Waals surface area (Å²) < 4.78 is 7.11. The topological polar surface area (TPSA) is 97.5 Å². The molecular formula is C19H21N7O2. The Morgan fingerprint density at radius 1 is 1.29 bits per heavy atom. The lowest BCUT2D eigenvalue weighted by Gasteiger charge is -2.26. The quantitative estimate of drug-likeness (QED) is 0.395. The molecule has 144 valence electrons. The van der Waals surface area contributed by atoms with E-state index < -0.39 is 0 Å². The summed E-state index contributed by atoms with van der Waals surface area (Å²) in [5.74, 6) is 1.07. The number of imidazole rings is 1. The fourth-order valence-corrected chi connectivity index (χ4v) is 3.05. The number of aldehydes is 1. The number of rotatable bonds is 6. The molecule has 1 aliphatic rings. The van der Waals surface area contributed by atoms with Gasteiger partial charge in [0.05, 0.1) is 32.3 Å². The molecule has 2 aromatic heterocycles. The van der Waals surface area contributed by atoms with Crippen molar-refractivity contribution in [3.63, 3.8) is 0 Å². The summed E-state index contributed by atoms with van der Waals surface area (Å²) in [5.41, 5.74) is 6.30. The summed E-state index contributed by atoms with van der Waals surface area (Å²) >= 11 is 0. The summed E-state index contributed by atoms with van der Waals surface area (Å²) in [6.45, 7) is 4.89. The smallest absolute Gasteiger partial charge is 0.229 e. The third kappa shape index (κ3) is 3.84. The molecule has 1 fully saturated rings. The summed E-state index contributed by atoms with van der Waals surface area (Å²) in [6, 6.07) is 8.04.